The van der Waals surface area contributed by atoms with E-state index < -0.39 is 0 Å². The van der Waals surface area contributed by atoms with Crippen molar-refractivity contribution in [3.05, 3.63) is 18.0 Å². The molecule has 1 amide bonds. The van der Waals surface area contributed by atoms with E-state index in [-0.39, 0.29) is 35.7 Å². The summed E-state index contributed by atoms with van der Waals surface area (Å²) >= 11 is 0. The highest BCUT2D eigenvalue weighted by Crippen LogP contribution is 2.28. The molecule has 0 spiro atoms. The Hall–Kier alpha value is -1.11. The number of aromatic nitrogens is 2. The van der Waals surface area contributed by atoms with Crippen LogP contribution in [0.15, 0.2) is 12.4 Å². The van der Waals surface area contributed by atoms with Crippen molar-refractivity contribution >= 4 is 18.3 Å². The largest absolute Gasteiger partial charge is 0.382 e. The molecule has 1 aliphatic heterocycles. The van der Waals surface area contributed by atoms with Gasteiger partial charge in [-0.15, -0.1) is 12.4 Å². The SMILES string of the molecule is COCC(C)(C)NC(=O)[C@H]1CNC[C@@H]1c1cnn(C)c1.Cl. The number of hydrogen-bond acceptors (Lipinski definition) is 4. The van der Waals surface area contributed by atoms with E-state index >= 15 is 0 Å². The van der Waals surface area contributed by atoms with Crippen LogP contribution in [0.4, 0.5) is 0 Å². The summed E-state index contributed by atoms with van der Waals surface area (Å²) < 4.78 is 6.92. The summed E-state index contributed by atoms with van der Waals surface area (Å²) in [5.74, 6) is 0.197. The minimum absolute atomic E-state index is 0. The van der Waals surface area contributed by atoms with Crippen molar-refractivity contribution in [1.29, 1.82) is 0 Å². The van der Waals surface area contributed by atoms with Crippen LogP contribution in [0.2, 0.25) is 0 Å². The molecule has 1 aromatic rings. The first-order valence-corrected chi connectivity index (χ1v) is 6.93. The van der Waals surface area contributed by atoms with Gasteiger partial charge in [-0.2, -0.15) is 5.10 Å². The maximum absolute atomic E-state index is 12.5. The van der Waals surface area contributed by atoms with Crippen molar-refractivity contribution in [2.24, 2.45) is 13.0 Å². The Bertz CT molecular complexity index is 475. The predicted molar refractivity (Wildman–Crippen MR) is 83.7 cm³/mol. The van der Waals surface area contributed by atoms with E-state index in [2.05, 4.69) is 15.7 Å². The summed E-state index contributed by atoms with van der Waals surface area (Å²) in [6.07, 6.45) is 3.83. The van der Waals surface area contributed by atoms with Crippen LogP contribution in [0.5, 0.6) is 0 Å². The van der Waals surface area contributed by atoms with Gasteiger partial charge in [0, 0.05) is 39.4 Å². The van der Waals surface area contributed by atoms with Crippen molar-refractivity contribution in [2.75, 3.05) is 26.8 Å². The molecular weight excluding hydrogens is 292 g/mol. The summed E-state index contributed by atoms with van der Waals surface area (Å²) in [6.45, 7) is 5.95. The third-order valence-electron chi connectivity index (χ3n) is 3.67. The number of ether oxygens (including phenoxy) is 1. The van der Waals surface area contributed by atoms with Crippen LogP contribution < -0.4 is 10.6 Å². The van der Waals surface area contributed by atoms with Crippen molar-refractivity contribution in [3.8, 4) is 0 Å². The monoisotopic (exact) mass is 316 g/mol. The van der Waals surface area contributed by atoms with E-state index in [1.54, 1.807) is 11.8 Å². The minimum Gasteiger partial charge on any atom is -0.382 e. The van der Waals surface area contributed by atoms with Gasteiger partial charge in [-0.1, -0.05) is 0 Å². The third kappa shape index (κ3) is 4.43. The number of carbonyl (C=O) groups is 1. The number of nitrogens with zero attached hydrogens (tertiary/aromatic N) is 2. The summed E-state index contributed by atoms with van der Waals surface area (Å²) in [5.41, 5.74) is 0.760. The number of rotatable bonds is 5. The van der Waals surface area contributed by atoms with Crippen LogP contribution in [0, 0.1) is 5.92 Å². The highest BCUT2D eigenvalue weighted by molar-refractivity contribution is 5.85. The molecule has 0 radical (unpaired) electrons. The maximum Gasteiger partial charge on any atom is 0.225 e. The van der Waals surface area contributed by atoms with Gasteiger partial charge in [-0.3, -0.25) is 9.48 Å². The highest BCUT2D eigenvalue weighted by Gasteiger charge is 2.36. The Kier molecular flexibility index (Phi) is 6.19. The highest BCUT2D eigenvalue weighted by atomic mass is 35.5. The van der Waals surface area contributed by atoms with Gasteiger partial charge >= 0.3 is 0 Å². The van der Waals surface area contributed by atoms with Gasteiger partial charge < -0.3 is 15.4 Å². The number of carbonyl (C=O) groups excluding carboxylic acids is 1. The quantitative estimate of drug-likeness (QED) is 0.838. The molecular formula is C14H25ClN4O2. The Morgan fingerprint density at radius 1 is 1.57 bits per heavy atom. The van der Waals surface area contributed by atoms with Crippen molar-refractivity contribution in [1.82, 2.24) is 20.4 Å². The van der Waals surface area contributed by atoms with Crippen LogP contribution in [-0.4, -0.2) is 48.0 Å². The lowest BCUT2D eigenvalue weighted by Gasteiger charge is -2.28. The molecule has 2 rings (SSSR count). The molecule has 1 aromatic heterocycles. The second-order valence-corrected chi connectivity index (χ2v) is 6.12. The zero-order valence-electron chi connectivity index (χ0n) is 13.0. The first-order valence-electron chi connectivity index (χ1n) is 6.93. The van der Waals surface area contributed by atoms with Crippen LogP contribution in [0.25, 0.3) is 0 Å². The van der Waals surface area contributed by atoms with Crippen LogP contribution in [0.3, 0.4) is 0 Å². The molecule has 0 saturated carbocycles. The molecule has 1 aliphatic rings. The number of nitrogens with one attached hydrogen (secondary N) is 2. The standard InChI is InChI=1S/C14H24N4O2.ClH/c1-14(2,9-20-4)17-13(19)12-7-15-6-11(12)10-5-16-18(3)8-10;/h5,8,11-12,15H,6-7,9H2,1-4H3,(H,17,19);1H/t11-,12+;/m1./s1. The molecule has 7 heteroatoms. The van der Waals surface area contributed by atoms with E-state index in [1.165, 1.54) is 0 Å². The van der Waals surface area contributed by atoms with Gasteiger partial charge in [0.1, 0.15) is 0 Å². The summed E-state index contributed by atoms with van der Waals surface area (Å²) in [4.78, 5) is 12.5. The zero-order chi connectivity index (χ0) is 14.8. The molecule has 0 aromatic carbocycles. The number of aryl methyl sites for hydroxylation is 1. The smallest absolute Gasteiger partial charge is 0.225 e. The Labute approximate surface area is 132 Å². The van der Waals surface area contributed by atoms with Gasteiger partial charge in [0.05, 0.1) is 24.3 Å². The second kappa shape index (κ2) is 7.24. The van der Waals surface area contributed by atoms with Gasteiger partial charge in [0.25, 0.3) is 0 Å². The lowest BCUT2D eigenvalue weighted by molar-refractivity contribution is -0.127. The molecule has 1 fully saturated rings. The van der Waals surface area contributed by atoms with Gasteiger partial charge in [0.15, 0.2) is 0 Å². The summed E-state index contributed by atoms with van der Waals surface area (Å²) in [7, 11) is 3.53. The fourth-order valence-electron chi connectivity index (χ4n) is 2.76. The molecule has 0 unspecified atom stereocenters. The molecule has 2 N–H and O–H groups in total. The normalized spacial score (nSPS) is 21.9. The van der Waals surface area contributed by atoms with Gasteiger partial charge in [-0.05, 0) is 19.4 Å². The summed E-state index contributed by atoms with van der Waals surface area (Å²) in [5, 5.41) is 10.6. The second-order valence-electron chi connectivity index (χ2n) is 6.12. The minimum atomic E-state index is -0.353. The van der Waals surface area contributed by atoms with E-state index in [4.69, 9.17) is 4.74 Å². The molecule has 2 heterocycles. The Balaban J connectivity index is 0.00000220. The molecule has 1 saturated heterocycles. The molecule has 6 nitrogen and oxygen atoms in total. The Morgan fingerprint density at radius 3 is 2.86 bits per heavy atom. The average Bonchev–Trinajstić information content (AvgIpc) is 2.95. The zero-order valence-corrected chi connectivity index (χ0v) is 13.9. The number of amides is 1. The molecule has 0 aliphatic carbocycles. The third-order valence-corrected chi connectivity index (χ3v) is 3.67. The average molecular weight is 317 g/mol. The molecule has 2 atom stereocenters. The van der Waals surface area contributed by atoms with Crippen molar-refractivity contribution < 1.29 is 9.53 Å². The number of methoxy groups -OCH3 is 1. The molecule has 120 valence electrons. The van der Waals surface area contributed by atoms with E-state index in [0.717, 1.165) is 12.1 Å². The van der Waals surface area contributed by atoms with Crippen LogP contribution >= 0.6 is 12.4 Å². The van der Waals surface area contributed by atoms with Gasteiger partial charge in [-0.25, -0.2) is 0 Å². The number of halogens is 1. The van der Waals surface area contributed by atoms with Gasteiger partial charge in [0.2, 0.25) is 5.91 Å². The lowest BCUT2D eigenvalue weighted by atomic mass is 9.89. The molecule has 0 bridgehead atoms. The van der Waals surface area contributed by atoms with Crippen molar-refractivity contribution in [2.45, 2.75) is 25.3 Å². The van der Waals surface area contributed by atoms with Crippen LogP contribution in [0.1, 0.15) is 25.3 Å². The maximum atomic E-state index is 12.5. The van der Waals surface area contributed by atoms with Crippen LogP contribution in [-0.2, 0) is 16.6 Å². The topological polar surface area (TPSA) is 68.2 Å². The fraction of sp³-hybridized carbons (Fsp3) is 0.714. The predicted octanol–water partition coefficient (Wildman–Crippen LogP) is 0.686. The fourth-order valence-corrected chi connectivity index (χ4v) is 2.76. The Morgan fingerprint density at radius 2 is 2.29 bits per heavy atom. The molecule has 21 heavy (non-hydrogen) atoms. The summed E-state index contributed by atoms with van der Waals surface area (Å²) in [6, 6.07) is 0. The van der Waals surface area contributed by atoms with E-state index in [1.807, 2.05) is 33.3 Å². The lowest BCUT2D eigenvalue weighted by Crippen LogP contribution is -2.50. The van der Waals surface area contributed by atoms with Crippen molar-refractivity contribution in [3.63, 3.8) is 0 Å². The number of hydrogen-bond donors (Lipinski definition) is 2. The van der Waals surface area contributed by atoms with E-state index in [0.29, 0.717) is 13.2 Å². The van der Waals surface area contributed by atoms with E-state index in [9.17, 15) is 4.79 Å². The first-order chi connectivity index (χ1) is 9.43. The first kappa shape index (κ1) is 17.9.